The molecule has 4 nitrogen and oxygen atoms in total. The largest absolute Gasteiger partial charge is 0.508 e. The van der Waals surface area contributed by atoms with E-state index in [9.17, 15) is 4.79 Å². The summed E-state index contributed by atoms with van der Waals surface area (Å²) >= 11 is 0. The number of carbonyl (C=O) groups excluding carboxylic acids is 1. The molecule has 0 unspecified atom stereocenters. The van der Waals surface area contributed by atoms with Crippen molar-refractivity contribution in [2.45, 2.75) is 90.9 Å². The van der Waals surface area contributed by atoms with Crippen LogP contribution in [0.15, 0.2) is 0 Å². The average Bonchev–Trinajstić information content (AvgIpc) is 2.45. The van der Waals surface area contributed by atoms with E-state index in [2.05, 4.69) is 13.8 Å². The highest BCUT2D eigenvalue weighted by atomic mass is 16.7. The van der Waals surface area contributed by atoms with Gasteiger partial charge in [0.25, 0.3) is 0 Å². The zero-order valence-corrected chi connectivity index (χ0v) is 14.3. The molecule has 0 aromatic rings. The Kier molecular flexibility index (Phi) is 20.6. The summed E-state index contributed by atoms with van der Waals surface area (Å²) in [6.45, 7) is 5.43. The summed E-state index contributed by atoms with van der Waals surface area (Å²) in [5.41, 5.74) is 0. The molecule has 0 saturated heterocycles. The molecule has 0 aromatic heterocycles. The van der Waals surface area contributed by atoms with Gasteiger partial charge in [-0.3, -0.25) is 0 Å². The standard InChI is InChI=1S/C17H34O3.H3N/c1-3-5-7-9-11-13-15-19-17(18)20-16-14-12-10-8-6-4-2;/h3-16H2,1-2H3;1H3. The van der Waals surface area contributed by atoms with Gasteiger partial charge in [0.1, 0.15) is 0 Å². The fourth-order valence-corrected chi connectivity index (χ4v) is 2.12. The van der Waals surface area contributed by atoms with Crippen LogP contribution in [0.5, 0.6) is 0 Å². The van der Waals surface area contributed by atoms with Crippen LogP contribution in [0.4, 0.5) is 4.79 Å². The Morgan fingerprint density at radius 1 is 0.619 bits per heavy atom. The second-order valence-corrected chi connectivity index (χ2v) is 5.48. The van der Waals surface area contributed by atoms with E-state index >= 15 is 0 Å². The molecule has 3 N–H and O–H groups in total. The van der Waals surface area contributed by atoms with E-state index in [1.54, 1.807) is 0 Å². The van der Waals surface area contributed by atoms with Gasteiger partial charge in [-0.1, -0.05) is 78.1 Å². The van der Waals surface area contributed by atoms with E-state index in [1.165, 1.54) is 51.4 Å². The van der Waals surface area contributed by atoms with Gasteiger partial charge in [-0.05, 0) is 12.8 Å². The van der Waals surface area contributed by atoms with Crippen LogP contribution in [-0.2, 0) is 9.47 Å². The summed E-state index contributed by atoms with van der Waals surface area (Å²) in [7, 11) is 0. The van der Waals surface area contributed by atoms with Gasteiger partial charge in [-0.2, -0.15) is 0 Å². The molecular weight excluding hydrogens is 266 g/mol. The van der Waals surface area contributed by atoms with Crippen LogP contribution >= 0.6 is 0 Å². The molecule has 0 bridgehead atoms. The molecule has 0 rings (SSSR count). The Balaban J connectivity index is 0. The van der Waals surface area contributed by atoms with Gasteiger partial charge in [-0.25, -0.2) is 4.79 Å². The molecule has 4 heteroatoms. The maximum Gasteiger partial charge on any atom is 0.508 e. The van der Waals surface area contributed by atoms with Gasteiger partial charge in [0.05, 0.1) is 13.2 Å². The van der Waals surface area contributed by atoms with Crippen LogP contribution in [0, 0.1) is 0 Å². The number of hydrogen-bond acceptors (Lipinski definition) is 4. The van der Waals surface area contributed by atoms with Gasteiger partial charge in [0, 0.05) is 0 Å². The van der Waals surface area contributed by atoms with Crippen molar-refractivity contribution in [3.63, 3.8) is 0 Å². The molecule has 0 amide bonds. The highest BCUT2D eigenvalue weighted by Gasteiger charge is 2.02. The average molecular weight is 303 g/mol. The van der Waals surface area contributed by atoms with Crippen LogP contribution < -0.4 is 6.15 Å². The number of hydrogen-bond donors (Lipinski definition) is 1. The lowest BCUT2D eigenvalue weighted by Gasteiger charge is -2.06. The Bertz CT molecular complexity index is 190. The van der Waals surface area contributed by atoms with Crippen molar-refractivity contribution in [3.8, 4) is 0 Å². The molecule has 0 heterocycles. The maximum absolute atomic E-state index is 11.3. The molecule has 128 valence electrons. The maximum atomic E-state index is 11.3. The first-order chi connectivity index (χ1) is 9.81. The highest BCUT2D eigenvalue weighted by Crippen LogP contribution is 2.06. The number of rotatable bonds is 14. The van der Waals surface area contributed by atoms with Crippen LogP contribution in [-0.4, -0.2) is 19.4 Å². The van der Waals surface area contributed by atoms with E-state index in [1.807, 2.05) is 0 Å². The molecule has 0 fully saturated rings. The SMILES string of the molecule is CCCCCCCCOC(=O)OCCCCCCCC.N. The van der Waals surface area contributed by atoms with Gasteiger partial charge in [-0.15, -0.1) is 0 Å². The molecule has 0 aliphatic carbocycles. The van der Waals surface area contributed by atoms with E-state index in [4.69, 9.17) is 9.47 Å². The zero-order chi connectivity index (χ0) is 14.9. The Morgan fingerprint density at radius 3 is 1.33 bits per heavy atom. The predicted molar refractivity (Wildman–Crippen MR) is 89.1 cm³/mol. The molecule has 0 aliphatic rings. The second kappa shape index (κ2) is 19.2. The fourth-order valence-electron chi connectivity index (χ4n) is 2.12. The minimum Gasteiger partial charge on any atom is -0.434 e. The monoisotopic (exact) mass is 303 g/mol. The first-order valence-corrected chi connectivity index (χ1v) is 8.60. The molecule has 0 radical (unpaired) electrons. The number of carbonyl (C=O) groups is 1. The normalized spacial score (nSPS) is 10.0. The lowest BCUT2D eigenvalue weighted by atomic mass is 10.1. The van der Waals surface area contributed by atoms with Crippen molar-refractivity contribution in [1.82, 2.24) is 6.15 Å². The third-order valence-electron chi connectivity index (χ3n) is 3.44. The Morgan fingerprint density at radius 2 is 0.952 bits per heavy atom. The summed E-state index contributed by atoms with van der Waals surface area (Å²) in [6.07, 6.45) is 13.9. The Labute approximate surface area is 131 Å². The minimum atomic E-state index is -0.493. The molecule has 0 atom stereocenters. The van der Waals surface area contributed by atoms with Crippen molar-refractivity contribution in [2.75, 3.05) is 13.2 Å². The third kappa shape index (κ3) is 19.2. The highest BCUT2D eigenvalue weighted by molar-refractivity contribution is 5.59. The minimum absolute atomic E-state index is 0. The zero-order valence-electron chi connectivity index (χ0n) is 14.3. The molecule has 0 saturated carbocycles. The third-order valence-corrected chi connectivity index (χ3v) is 3.44. The van der Waals surface area contributed by atoms with Crippen LogP contribution in [0.2, 0.25) is 0 Å². The fraction of sp³-hybridized carbons (Fsp3) is 0.941. The Hall–Kier alpha value is -0.770. The van der Waals surface area contributed by atoms with Crippen molar-refractivity contribution >= 4 is 6.16 Å². The van der Waals surface area contributed by atoms with E-state index in [0.29, 0.717) is 13.2 Å². The van der Waals surface area contributed by atoms with Crippen LogP contribution in [0.25, 0.3) is 0 Å². The van der Waals surface area contributed by atoms with E-state index < -0.39 is 6.16 Å². The van der Waals surface area contributed by atoms with Crippen molar-refractivity contribution in [2.24, 2.45) is 0 Å². The molecular formula is C17H37NO3. The number of unbranched alkanes of at least 4 members (excludes halogenated alkanes) is 10. The van der Waals surface area contributed by atoms with Crippen molar-refractivity contribution in [3.05, 3.63) is 0 Å². The predicted octanol–water partition coefficient (Wildman–Crippen LogP) is 6.02. The van der Waals surface area contributed by atoms with Gasteiger partial charge < -0.3 is 15.6 Å². The van der Waals surface area contributed by atoms with Gasteiger partial charge >= 0.3 is 6.16 Å². The topological polar surface area (TPSA) is 70.5 Å². The quantitative estimate of drug-likeness (QED) is 0.314. The summed E-state index contributed by atoms with van der Waals surface area (Å²) < 4.78 is 10.1. The first kappa shape index (κ1) is 22.5. The van der Waals surface area contributed by atoms with Crippen molar-refractivity contribution in [1.29, 1.82) is 0 Å². The smallest absolute Gasteiger partial charge is 0.434 e. The summed E-state index contributed by atoms with van der Waals surface area (Å²) in [5, 5.41) is 0. The molecule has 0 spiro atoms. The van der Waals surface area contributed by atoms with Gasteiger partial charge in [0.2, 0.25) is 0 Å². The lowest BCUT2D eigenvalue weighted by Crippen LogP contribution is -2.09. The second-order valence-electron chi connectivity index (χ2n) is 5.48. The van der Waals surface area contributed by atoms with Crippen LogP contribution in [0.3, 0.4) is 0 Å². The first-order valence-electron chi connectivity index (χ1n) is 8.60. The van der Waals surface area contributed by atoms with Crippen LogP contribution in [0.1, 0.15) is 90.9 Å². The lowest BCUT2D eigenvalue weighted by molar-refractivity contribution is 0.0529. The molecule has 21 heavy (non-hydrogen) atoms. The van der Waals surface area contributed by atoms with E-state index in [0.717, 1.165) is 25.7 Å². The van der Waals surface area contributed by atoms with E-state index in [-0.39, 0.29) is 6.15 Å². The van der Waals surface area contributed by atoms with Crippen molar-refractivity contribution < 1.29 is 14.3 Å². The molecule has 0 aliphatic heterocycles. The summed E-state index contributed by atoms with van der Waals surface area (Å²) in [4.78, 5) is 11.3. The molecule has 0 aromatic carbocycles. The summed E-state index contributed by atoms with van der Waals surface area (Å²) in [6, 6.07) is 0. The number of ether oxygens (including phenoxy) is 2. The van der Waals surface area contributed by atoms with Gasteiger partial charge in [0.15, 0.2) is 0 Å². The summed E-state index contributed by atoms with van der Waals surface area (Å²) in [5.74, 6) is 0.